The van der Waals surface area contributed by atoms with Gasteiger partial charge in [-0.3, -0.25) is 0 Å². The first-order chi connectivity index (χ1) is 11.2. The molecule has 1 aromatic heterocycles. The predicted molar refractivity (Wildman–Crippen MR) is 71.7 cm³/mol. The molecule has 1 heterocycles. The zero-order valence-electron chi connectivity index (χ0n) is 12.1. The number of aromatic hydroxyl groups is 1. The van der Waals surface area contributed by atoms with Crippen molar-refractivity contribution in [2.24, 2.45) is 0 Å². The zero-order chi connectivity index (χ0) is 17.9. The monoisotopic (exact) mass is 346 g/mol. The molecule has 1 N–H and O–H groups in total. The Hall–Kier alpha value is -2.91. The maximum Gasteiger partial charge on any atom is 0.514 e. The average Bonchev–Trinajstić information content (AvgIpc) is 2.48. The molecule has 2 rings (SSSR count). The van der Waals surface area contributed by atoms with Crippen molar-refractivity contribution in [3.05, 3.63) is 35.8 Å². The van der Waals surface area contributed by atoms with Crippen LogP contribution in [0.3, 0.4) is 0 Å². The van der Waals surface area contributed by atoms with Crippen LogP contribution in [0.4, 0.5) is 22.4 Å². The van der Waals surface area contributed by atoms with Gasteiger partial charge in [-0.15, -0.1) is 0 Å². The van der Waals surface area contributed by atoms with Gasteiger partial charge in [-0.05, 0) is 19.1 Å². The third kappa shape index (κ3) is 3.89. The summed E-state index contributed by atoms with van der Waals surface area (Å²) >= 11 is 0. The fourth-order valence-corrected chi connectivity index (χ4v) is 1.69. The Labute approximate surface area is 132 Å². The van der Waals surface area contributed by atoms with Crippen LogP contribution in [-0.2, 0) is 10.9 Å². The molecule has 0 fully saturated rings. The summed E-state index contributed by atoms with van der Waals surface area (Å²) in [5, 5.41) is 9.67. The van der Waals surface area contributed by atoms with Crippen molar-refractivity contribution in [1.29, 1.82) is 0 Å². The van der Waals surface area contributed by atoms with Gasteiger partial charge in [0.1, 0.15) is 5.82 Å². The summed E-state index contributed by atoms with van der Waals surface area (Å²) in [6.45, 7) is 1.59. The van der Waals surface area contributed by atoms with Gasteiger partial charge in [0, 0.05) is 5.56 Å². The van der Waals surface area contributed by atoms with E-state index in [-0.39, 0.29) is 18.0 Å². The van der Waals surface area contributed by atoms with Crippen LogP contribution in [0.2, 0.25) is 0 Å². The molecule has 10 heteroatoms. The molecule has 0 saturated carbocycles. The Morgan fingerprint density at radius 3 is 2.58 bits per heavy atom. The molecule has 0 atom stereocenters. The molecule has 128 valence electrons. The van der Waals surface area contributed by atoms with Gasteiger partial charge in [-0.2, -0.15) is 18.2 Å². The molecule has 1 aromatic carbocycles. The number of ether oxygens (including phenoxy) is 2. The predicted octanol–water partition coefficient (Wildman–Crippen LogP) is 3.54. The summed E-state index contributed by atoms with van der Waals surface area (Å²) in [5.41, 5.74) is -1.53. The SMILES string of the molecule is CCOC(=O)Oc1cnc(-c2ccc(C(F)(F)F)c(F)c2)nc1O. The number of alkyl halides is 3. The molecule has 0 unspecified atom stereocenters. The molecule has 0 aliphatic heterocycles. The highest BCUT2D eigenvalue weighted by Crippen LogP contribution is 2.33. The molecule has 6 nitrogen and oxygen atoms in total. The Morgan fingerprint density at radius 1 is 1.33 bits per heavy atom. The van der Waals surface area contributed by atoms with Crippen LogP contribution in [0.1, 0.15) is 12.5 Å². The van der Waals surface area contributed by atoms with E-state index in [2.05, 4.69) is 19.4 Å². The lowest BCUT2D eigenvalue weighted by Gasteiger charge is -2.09. The van der Waals surface area contributed by atoms with E-state index in [9.17, 15) is 27.5 Å². The molecule has 0 bridgehead atoms. The summed E-state index contributed by atoms with van der Waals surface area (Å²) in [5.74, 6) is -2.93. The molecule has 2 aromatic rings. The number of rotatable bonds is 3. The lowest BCUT2D eigenvalue weighted by Crippen LogP contribution is -2.11. The van der Waals surface area contributed by atoms with Gasteiger partial charge in [0.25, 0.3) is 5.88 Å². The van der Waals surface area contributed by atoms with Gasteiger partial charge in [0.05, 0.1) is 18.4 Å². The minimum atomic E-state index is -4.83. The summed E-state index contributed by atoms with van der Waals surface area (Å²) < 4.78 is 60.2. The highest BCUT2D eigenvalue weighted by Gasteiger charge is 2.34. The Balaban J connectivity index is 2.29. The fourth-order valence-electron chi connectivity index (χ4n) is 1.69. The normalized spacial score (nSPS) is 11.2. The van der Waals surface area contributed by atoms with Crippen LogP contribution < -0.4 is 4.74 Å². The Kier molecular flexibility index (Phi) is 4.86. The van der Waals surface area contributed by atoms with Crippen LogP contribution in [0.25, 0.3) is 11.4 Å². The topological polar surface area (TPSA) is 81.5 Å². The van der Waals surface area contributed by atoms with Crippen molar-refractivity contribution in [2.45, 2.75) is 13.1 Å². The molecule has 0 spiro atoms. The first kappa shape index (κ1) is 17.4. The van der Waals surface area contributed by atoms with Gasteiger partial charge < -0.3 is 14.6 Å². The van der Waals surface area contributed by atoms with Crippen LogP contribution >= 0.6 is 0 Å². The average molecular weight is 346 g/mol. The highest BCUT2D eigenvalue weighted by molar-refractivity contribution is 5.65. The van der Waals surface area contributed by atoms with Gasteiger partial charge in [0.15, 0.2) is 5.82 Å². The number of nitrogens with zero attached hydrogens (tertiary/aromatic N) is 2. The van der Waals surface area contributed by atoms with Crippen molar-refractivity contribution in [2.75, 3.05) is 6.61 Å². The van der Waals surface area contributed by atoms with Gasteiger partial charge in [-0.25, -0.2) is 14.2 Å². The summed E-state index contributed by atoms with van der Waals surface area (Å²) in [7, 11) is 0. The first-order valence-corrected chi connectivity index (χ1v) is 6.50. The van der Waals surface area contributed by atoms with Crippen LogP contribution in [0.15, 0.2) is 24.4 Å². The molecule has 0 amide bonds. The highest BCUT2D eigenvalue weighted by atomic mass is 19.4. The first-order valence-electron chi connectivity index (χ1n) is 6.50. The van der Waals surface area contributed by atoms with Gasteiger partial charge in [0.2, 0.25) is 5.75 Å². The Bertz CT molecular complexity index is 765. The smallest absolute Gasteiger partial charge is 0.491 e. The minimum absolute atomic E-state index is 0.0450. The summed E-state index contributed by atoms with van der Waals surface area (Å²) in [6.07, 6.45) is -5.02. The van der Waals surface area contributed by atoms with Crippen molar-refractivity contribution >= 4 is 6.16 Å². The van der Waals surface area contributed by atoms with E-state index in [0.717, 1.165) is 12.3 Å². The van der Waals surface area contributed by atoms with Crippen molar-refractivity contribution in [3.63, 3.8) is 0 Å². The molecular weight excluding hydrogens is 336 g/mol. The van der Waals surface area contributed by atoms with E-state index in [0.29, 0.717) is 12.1 Å². The van der Waals surface area contributed by atoms with Gasteiger partial charge in [-0.1, -0.05) is 6.07 Å². The maximum atomic E-state index is 13.5. The lowest BCUT2D eigenvalue weighted by atomic mass is 10.1. The van der Waals surface area contributed by atoms with E-state index in [4.69, 9.17) is 0 Å². The second kappa shape index (κ2) is 6.69. The summed E-state index contributed by atoms with van der Waals surface area (Å²) in [6, 6.07) is 2.07. The second-order valence-electron chi connectivity index (χ2n) is 4.36. The quantitative estimate of drug-likeness (QED) is 0.676. The lowest BCUT2D eigenvalue weighted by molar-refractivity contribution is -0.139. The molecule has 0 aliphatic carbocycles. The van der Waals surface area contributed by atoms with Crippen LogP contribution in [0, 0.1) is 5.82 Å². The molecule has 0 saturated heterocycles. The number of carbonyl (C=O) groups excluding carboxylic acids is 1. The number of benzene rings is 1. The fraction of sp³-hybridized carbons (Fsp3) is 0.214. The second-order valence-corrected chi connectivity index (χ2v) is 4.36. The minimum Gasteiger partial charge on any atom is -0.491 e. The molecule has 24 heavy (non-hydrogen) atoms. The van der Waals surface area contributed by atoms with Crippen LogP contribution in [0.5, 0.6) is 11.6 Å². The molecule has 0 aliphatic rings. The number of aromatic nitrogens is 2. The van der Waals surface area contributed by atoms with E-state index in [1.165, 1.54) is 0 Å². The number of carbonyl (C=O) groups is 1. The third-order valence-corrected chi connectivity index (χ3v) is 2.72. The van der Waals surface area contributed by atoms with E-state index in [1.807, 2.05) is 0 Å². The van der Waals surface area contributed by atoms with E-state index >= 15 is 0 Å². The van der Waals surface area contributed by atoms with Crippen molar-refractivity contribution in [1.82, 2.24) is 9.97 Å². The number of halogens is 4. The van der Waals surface area contributed by atoms with E-state index in [1.54, 1.807) is 6.92 Å². The van der Waals surface area contributed by atoms with Crippen molar-refractivity contribution in [3.8, 4) is 23.0 Å². The third-order valence-electron chi connectivity index (χ3n) is 2.72. The van der Waals surface area contributed by atoms with E-state index < -0.39 is 35.3 Å². The van der Waals surface area contributed by atoms with Crippen LogP contribution in [-0.4, -0.2) is 27.8 Å². The van der Waals surface area contributed by atoms with Gasteiger partial charge >= 0.3 is 12.3 Å². The van der Waals surface area contributed by atoms with Crippen molar-refractivity contribution < 1.29 is 36.9 Å². The number of hydrogen-bond acceptors (Lipinski definition) is 6. The largest absolute Gasteiger partial charge is 0.514 e. The standard InChI is InChI=1S/C14H10F4N2O4/c1-2-23-13(22)24-10-6-19-11(20-12(10)21)7-3-4-8(9(15)5-7)14(16,17)18/h3-6H,2H2,1H3,(H,19,20,21). The molecular formula is C14H10F4N2O4. The number of hydrogen-bond donors (Lipinski definition) is 1. The summed E-state index contributed by atoms with van der Waals surface area (Å²) in [4.78, 5) is 18.4. The Morgan fingerprint density at radius 2 is 2.04 bits per heavy atom. The maximum absolute atomic E-state index is 13.5. The molecule has 0 radical (unpaired) electrons. The zero-order valence-corrected chi connectivity index (χ0v) is 12.1.